The van der Waals surface area contributed by atoms with Gasteiger partial charge >= 0.3 is 0 Å². The van der Waals surface area contributed by atoms with Crippen LogP contribution in [0, 0.1) is 5.92 Å². The maximum absolute atomic E-state index is 12.2. The maximum Gasteiger partial charge on any atom is 0.222 e. The Morgan fingerprint density at radius 3 is 2.83 bits per heavy atom. The van der Waals surface area contributed by atoms with Gasteiger partial charge in [0.15, 0.2) is 0 Å². The molecule has 1 amide bonds. The van der Waals surface area contributed by atoms with Gasteiger partial charge < -0.3 is 10.6 Å². The number of nitrogens with two attached hydrogens (primary N) is 1. The molecule has 1 aliphatic heterocycles. The lowest BCUT2D eigenvalue weighted by molar-refractivity contribution is -0.133. The van der Waals surface area contributed by atoms with Gasteiger partial charge in [0.05, 0.1) is 0 Å². The van der Waals surface area contributed by atoms with E-state index in [0.717, 1.165) is 37.4 Å². The zero-order chi connectivity index (χ0) is 13.4. The van der Waals surface area contributed by atoms with Crippen LogP contribution in [0.3, 0.4) is 0 Å². The van der Waals surface area contributed by atoms with Gasteiger partial charge in [-0.2, -0.15) is 11.8 Å². The molecule has 0 aromatic rings. The van der Waals surface area contributed by atoms with Crippen LogP contribution in [0.1, 0.15) is 46.0 Å². The number of hydrogen-bond acceptors (Lipinski definition) is 3. The molecule has 0 aromatic heterocycles. The molecule has 1 heterocycles. The summed E-state index contributed by atoms with van der Waals surface area (Å²) in [6, 6.07) is 0.412. The summed E-state index contributed by atoms with van der Waals surface area (Å²) < 4.78 is 0. The topological polar surface area (TPSA) is 46.3 Å². The molecule has 0 radical (unpaired) electrons. The van der Waals surface area contributed by atoms with E-state index in [1.54, 1.807) is 0 Å². The van der Waals surface area contributed by atoms with E-state index in [4.69, 9.17) is 5.73 Å². The molecule has 0 aromatic carbocycles. The highest BCUT2D eigenvalue weighted by atomic mass is 32.2. The van der Waals surface area contributed by atoms with Gasteiger partial charge in [-0.05, 0) is 32.2 Å². The number of amides is 1. The first-order valence-corrected chi connectivity index (χ1v) is 8.41. The molecule has 2 unspecified atom stereocenters. The Kier molecular flexibility index (Phi) is 7.75. The third-order valence-corrected chi connectivity index (χ3v) is 4.92. The molecule has 3 nitrogen and oxygen atoms in total. The lowest BCUT2D eigenvalue weighted by atomic mass is 9.94. The molecule has 0 saturated carbocycles. The van der Waals surface area contributed by atoms with E-state index in [1.165, 1.54) is 12.8 Å². The van der Waals surface area contributed by atoms with Gasteiger partial charge in [0.1, 0.15) is 0 Å². The molecular weight excluding hydrogens is 244 g/mol. The van der Waals surface area contributed by atoms with E-state index < -0.39 is 0 Å². The van der Waals surface area contributed by atoms with Crippen LogP contribution in [0.15, 0.2) is 0 Å². The summed E-state index contributed by atoms with van der Waals surface area (Å²) in [5.74, 6) is 3.17. The minimum atomic E-state index is 0.348. The van der Waals surface area contributed by atoms with Crippen molar-refractivity contribution < 1.29 is 4.79 Å². The van der Waals surface area contributed by atoms with E-state index >= 15 is 0 Å². The van der Waals surface area contributed by atoms with Crippen LogP contribution < -0.4 is 5.73 Å². The molecule has 2 N–H and O–H groups in total. The highest BCUT2D eigenvalue weighted by Crippen LogP contribution is 2.21. The van der Waals surface area contributed by atoms with E-state index in [2.05, 4.69) is 18.7 Å². The summed E-state index contributed by atoms with van der Waals surface area (Å²) in [7, 11) is 0. The van der Waals surface area contributed by atoms with Crippen LogP contribution in [-0.4, -0.2) is 41.4 Å². The Labute approximate surface area is 116 Å². The van der Waals surface area contributed by atoms with Crippen LogP contribution in [0.2, 0.25) is 0 Å². The Hall–Kier alpha value is -0.220. The molecule has 18 heavy (non-hydrogen) atoms. The fourth-order valence-electron chi connectivity index (χ4n) is 2.65. The van der Waals surface area contributed by atoms with Crippen LogP contribution in [-0.2, 0) is 4.79 Å². The van der Waals surface area contributed by atoms with E-state index in [9.17, 15) is 4.79 Å². The van der Waals surface area contributed by atoms with Gasteiger partial charge in [-0.15, -0.1) is 0 Å². The minimum Gasteiger partial charge on any atom is -0.338 e. The average molecular weight is 272 g/mol. The lowest BCUT2D eigenvalue weighted by Gasteiger charge is -2.33. The molecule has 0 bridgehead atoms. The van der Waals surface area contributed by atoms with Crippen molar-refractivity contribution in [2.45, 2.75) is 52.0 Å². The number of nitrogens with zero attached hydrogens (tertiary/aromatic N) is 1. The molecular formula is C14H28N2OS. The van der Waals surface area contributed by atoms with Crippen molar-refractivity contribution in [3.8, 4) is 0 Å². The highest BCUT2D eigenvalue weighted by Gasteiger charge is 2.23. The molecule has 1 aliphatic rings. The molecule has 1 fully saturated rings. The van der Waals surface area contributed by atoms with E-state index in [-0.39, 0.29) is 0 Å². The molecule has 4 heteroatoms. The zero-order valence-electron chi connectivity index (χ0n) is 11.9. The van der Waals surface area contributed by atoms with Gasteiger partial charge in [-0.1, -0.05) is 19.8 Å². The average Bonchev–Trinajstić information content (AvgIpc) is 2.36. The number of carbonyl (C=O) groups excluding carboxylic acids is 1. The van der Waals surface area contributed by atoms with Crippen molar-refractivity contribution in [1.29, 1.82) is 0 Å². The predicted molar refractivity (Wildman–Crippen MR) is 79.8 cm³/mol. The second-order valence-corrected chi connectivity index (χ2v) is 6.43. The number of thioether (sulfide) groups is 1. The van der Waals surface area contributed by atoms with Gasteiger partial charge in [-0.3, -0.25) is 4.79 Å². The van der Waals surface area contributed by atoms with Crippen molar-refractivity contribution in [3.05, 3.63) is 0 Å². The van der Waals surface area contributed by atoms with Crippen LogP contribution in [0.5, 0.6) is 0 Å². The normalized spacial score (nSPS) is 21.9. The fraction of sp³-hybridized carbons (Fsp3) is 0.929. The van der Waals surface area contributed by atoms with Gasteiger partial charge in [0.25, 0.3) is 0 Å². The minimum absolute atomic E-state index is 0.348. The zero-order valence-corrected chi connectivity index (χ0v) is 12.7. The third-order valence-electron chi connectivity index (χ3n) is 3.73. The van der Waals surface area contributed by atoms with Crippen molar-refractivity contribution >= 4 is 17.7 Å². The summed E-state index contributed by atoms with van der Waals surface area (Å²) >= 11 is 1.95. The molecule has 106 valence electrons. The van der Waals surface area contributed by atoms with Crippen LogP contribution in [0.4, 0.5) is 0 Å². The molecule has 0 spiro atoms. The van der Waals surface area contributed by atoms with Gasteiger partial charge in [-0.25, -0.2) is 0 Å². The first-order valence-electron chi connectivity index (χ1n) is 7.26. The highest BCUT2D eigenvalue weighted by molar-refractivity contribution is 7.99. The van der Waals surface area contributed by atoms with Crippen LogP contribution in [0.25, 0.3) is 0 Å². The Morgan fingerprint density at radius 1 is 1.44 bits per heavy atom. The first-order chi connectivity index (χ1) is 8.69. The second-order valence-electron chi connectivity index (χ2n) is 5.28. The molecule has 0 aliphatic carbocycles. The monoisotopic (exact) mass is 272 g/mol. The lowest BCUT2D eigenvalue weighted by Crippen LogP contribution is -2.44. The predicted octanol–water partition coefficient (Wildman–Crippen LogP) is 2.50. The number of carbonyl (C=O) groups is 1. The van der Waals surface area contributed by atoms with Crippen LogP contribution >= 0.6 is 11.8 Å². The second kappa shape index (κ2) is 8.81. The summed E-state index contributed by atoms with van der Waals surface area (Å²) in [6.07, 6.45) is 5.18. The number of rotatable bonds is 7. The fourth-order valence-corrected chi connectivity index (χ4v) is 3.66. The largest absolute Gasteiger partial charge is 0.338 e. The van der Waals surface area contributed by atoms with Crippen molar-refractivity contribution in [1.82, 2.24) is 4.90 Å². The summed E-state index contributed by atoms with van der Waals surface area (Å²) in [5.41, 5.74) is 5.63. The van der Waals surface area contributed by atoms with Crippen molar-refractivity contribution in [2.75, 3.05) is 24.6 Å². The Morgan fingerprint density at radius 2 is 2.22 bits per heavy atom. The van der Waals surface area contributed by atoms with Crippen molar-refractivity contribution in [2.24, 2.45) is 11.7 Å². The summed E-state index contributed by atoms with van der Waals surface area (Å²) in [4.78, 5) is 14.3. The van der Waals surface area contributed by atoms with Gasteiger partial charge in [0, 0.05) is 30.5 Å². The Balaban J connectivity index is 2.33. The third kappa shape index (κ3) is 5.19. The summed E-state index contributed by atoms with van der Waals surface area (Å²) in [6.45, 7) is 6.04. The summed E-state index contributed by atoms with van der Waals surface area (Å²) in [5, 5.41) is 0. The van der Waals surface area contributed by atoms with Crippen molar-refractivity contribution in [3.63, 3.8) is 0 Å². The van der Waals surface area contributed by atoms with Gasteiger partial charge in [0.2, 0.25) is 5.91 Å². The standard InChI is InChI=1S/C14H28N2OS/c1-3-4-13(7-8-15)5-6-14(17)16-9-10-18-11-12(16)2/h12-13H,3-11,15H2,1-2H3. The first kappa shape index (κ1) is 15.8. The van der Waals surface area contributed by atoms with E-state index in [0.29, 0.717) is 24.3 Å². The molecule has 2 atom stereocenters. The number of hydrogen-bond donors (Lipinski definition) is 1. The SMILES string of the molecule is CCCC(CCN)CCC(=O)N1CCSCC1C. The quantitative estimate of drug-likeness (QED) is 0.774. The molecule has 1 rings (SSSR count). The maximum atomic E-state index is 12.2. The molecule has 1 saturated heterocycles. The Bertz CT molecular complexity index is 242. The smallest absolute Gasteiger partial charge is 0.222 e. The van der Waals surface area contributed by atoms with E-state index in [1.807, 2.05) is 11.8 Å².